The Labute approximate surface area is 107 Å². The highest BCUT2D eigenvalue weighted by molar-refractivity contribution is 5.83. The van der Waals surface area contributed by atoms with Crippen LogP contribution in [0, 0.1) is 0 Å². The van der Waals surface area contributed by atoms with Crippen molar-refractivity contribution in [2.24, 2.45) is 0 Å². The van der Waals surface area contributed by atoms with E-state index in [0.29, 0.717) is 13.2 Å². The lowest BCUT2D eigenvalue weighted by atomic mass is 10.0. The summed E-state index contributed by atoms with van der Waals surface area (Å²) in [7, 11) is 0. The summed E-state index contributed by atoms with van der Waals surface area (Å²) in [4.78, 5) is 0. The molecule has 18 heavy (non-hydrogen) atoms. The summed E-state index contributed by atoms with van der Waals surface area (Å²) in [5.74, 6) is 0. The quantitative estimate of drug-likeness (QED) is 0.706. The Balaban J connectivity index is 2.24. The maximum Gasteiger partial charge on any atom is 0.112 e. The Kier molecular flexibility index (Phi) is 4.02. The highest BCUT2D eigenvalue weighted by atomic mass is 16.5. The minimum atomic E-state index is 0.556. The lowest BCUT2D eigenvalue weighted by Crippen LogP contribution is -1.89. The van der Waals surface area contributed by atoms with Crippen LogP contribution in [-0.4, -0.2) is 0 Å². The third kappa shape index (κ3) is 2.92. The van der Waals surface area contributed by atoms with E-state index >= 15 is 0 Å². The molecular formula is C16H16O2. The molecule has 0 spiro atoms. The van der Waals surface area contributed by atoms with Crippen LogP contribution in [0.4, 0.5) is 0 Å². The standard InChI is InChI=1S/C16H16O2/c1-3-17-11-13-5-7-16-10-14(12-18-4-2)6-8-15(16)9-13/h3-10H,1-2,11-12H2. The molecule has 2 rings (SSSR count). The molecule has 0 heterocycles. The Morgan fingerprint density at radius 2 is 1.22 bits per heavy atom. The number of fused-ring (bicyclic) bond motifs is 1. The van der Waals surface area contributed by atoms with E-state index in [1.54, 1.807) is 0 Å². The molecule has 0 saturated carbocycles. The molecule has 0 aromatic heterocycles. The van der Waals surface area contributed by atoms with Gasteiger partial charge >= 0.3 is 0 Å². The van der Waals surface area contributed by atoms with E-state index in [-0.39, 0.29) is 0 Å². The lowest BCUT2D eigenvalue weighted by molar-refractivity contribution is 0.237. The maximum absolute atomic E-state index is 5.18. The van der Waals surface area contributed by atoms with Crippen molar-refractivity contribution in [1.29, 1.82) is 0 Å². The first-order valence-electron chi connectivity index (χ1n) is 5.80. The van der Waals surface area contributed by atoms with E-state index < -0.39 is 0 Å². The Bertz CT molecular complexity index is 507. The molecule has 0 atom stereocenters. The predicted molar refractivity (Wildman–Crippen MR) is 73.9 cm³/mol. The van der Waals surface area contributed by atoms with Gasteiger partial charge in [0.15, 0.2) is 0 Å². The molecule has 0 aliphatic carbocycles. The van der Waals surface area contributed by atoms with Crippen LogP contribution in [0.15, 0.2) is 62.1 Å². The highest BCUT2D eigenvalue weighted by Crippen LogP contribution is 2.19. The van der Waals surface area contributed by atoms with Crippen LogP contribution in [-0.2, 0) is 22.7 Å². The molecule has 92 valence electrons. The van der Waals surface area contributed by atoms with Crippen LogP contribution in [0.25, 0.3) is 10.8 Å². The largest absolute Gasteiger partial charge is 0.497 e. The summed E-state index contributed by atoms with van der Waals surface area (Å²) in [5, 5.41) is 2.39. The lowest BCUT2D eigenvalue weighted by Gasteiger charge is -2.06. The molecule has 2 heteroatoms. The first kappa shape index (κ1) is 12.2. The topological polar surface area (TPSA) is 18.5 Å². The molecule has 0 N–H and O–H groups in total. The molecule has 2 nitrogen and oxygen atoms in total. The SMILES string of the molecule is C=COCc1ccc2cc(COC=C)ccc2c1. The highest BCUT2D eigenvalue weighted by Gasteiger charge is 1.99. The zero-order valence-electron chi connectivity index (χ0n) is 10.3. The van der Waals surface area contributed by atoms with E-state index in [4.69, 9.17) is 9.47 Å². The van der Waals surface area contributed by atoms with Gasteiger partial charge in [-0.1, -0.05) is 37.4 Å². The Morgan fingerprint density at radius 3 is 1.61 bits per heavy atom. The van der Waals surface area contributed by atoms with Gasteiger partial charge in [-0.3, -0.25) is 0 Å². The fraction of sp³-hybridized carbons (Fsp3) is 0.125. The van der Waals surface area contributed by atoms with Crippen LogP contribution < -0.4 is 0 Å². The van der Waals surface area contributed by atoms with Gasteiger partial charge in [0.05, 0.1) is 12.5 Å². The molecule has 0 unspecified atom stereocenters. The monoisotopic (exact) mass is 240 g/mol. The fourth-order valence-corrected chi connectivity index (χ4v) is 1.83. The van der Waals surface area contributed by atoms with Crippen molar-refractivity contribution < 1.29 is 9.47 Å². The van der Waals surface area contributed by atoms with Crippen LogP contribution >= 0.6 is 0 Å². The van der Waals surface area contributed by atoms with Gasteiger partial charge in [0.25, 0.3) is 0 Å². The molecule has 0 saturated heterocycles. The number of benzene rings is 2. The molecule has 0 aliphatic rings. The Hall–Kier alpha value is -2.22. The Morgan fingerprint density at radius 1 is 0.778 bits per heavy atom. The van der Waals surface area contributed by atoms with E-state index in [1.165, 1.54) is 23.3 Å². The van der Waals surface area contributed by atoms with Crippen molar-refractivity contribution in [2.45, 2.75) is 13.2 Å². The van der Waals surface area contributed by atoms with Gasteiger partial charge in [-0.25, -0.2) is 0 Å². The van der Waals surface area contributed by atoms with Crippen LogP contribution in [0.1, 0.15) is 11.1 Å². The van der Waals surface area contributed by atoms with Gasteiger partial charge in [0.1, 0.15) is 13.2 Å². The number of rotatable bonds is 6. The maximum atomic E-state index is 5.18. The van der Waals surface area contributed by atoms with Gasteiger partial charge in [0, 0.05) is 0 Å². The minimum Gasteiger partial charge on any atom is -0.497 e. The smallest absolute Gasteiger partial charge is 0.112 e. The molecule has 0 amide bonds. The van der Waals surface area contributed by atoms with Crippen LogP contribution in [0.5, 0.6) is 0 Å². The van der Waals surface area contributed by atoms with Gasteiger partial charge < -0.3 is 9.47 Å². The molecule has 0 fully saturated rings. The molecule has 2 aromatic rings. The van der Waals surface area contributed by atoms with Crippen molar-refractivity contribution in [2.75, 3.05) is 0 Å². The minimum absolute atomic E-state index is 0.556. The van der Waals surface area contributed by atoms with Crippen LogP contribution in [0.2, 0.25) is 0 Å². The molecule has 0 aliphatic heterocycles. The van der Waals surface area contributed by atoms with Gasteiger partial charge in [-0.05, 0) is 34.0 Å². The zero-order valence-corrected chi connectivity index (χ0v) is 10.3. The predicted octanol–water partition coefficient (Wildman–Crippen LogP) is 4.16. The van der Waals surface area contributed by atoms with Crippen molar-refractivity contribution in [3.63, 3.8) is 0 Å². The normalized spacial score (nSPS) is 10.0. The van der Waals surface area contributed by atoms with E-state index in [1.807, 2.05) is 0 Å². The van der Waals surface area contributed by atoms with Crippen molar-refractivity contribution in [1.82, 2.24) is 0 Å². The van der Waals surface area contributed by atoms with E-state index in [2.05, 4.69) is 49.6 Å². The third-order valence-corrected chi connectivity index (χ3v) is 2.70. The van der Waals surface area contributed by atoms with Crippen molar-refractivity contribution in [3.05, 3.63) is 73.2 Å². The summed E-state index contributed by atoms with van der Waals surface area (Å²) in [5.41, 5.74) is 2.27. The zero-order chi connectivity index (χ0) is 12.8. The summed E-state index contributed by atoms with van der Waals surface area (Å²) >= 11 is 0. The summed E-state index contributed by atoms with van der Waals surface area (Å²) < 4.78 is 10.4. The summed E-state index contributed by atoms with van der Waals surface area (Å²) in [6.07, 6.45) is 2.92. The van der Waals surface area contributed by atoms with Crippen molar-refractivity contribution in [3.8, 4) is 0 Å². The van der Waals surface area contributed by atoms with E-state index in [9.17, 15) is 0 Å². The summed E-state index contributed by atoms with van der Waals surface area (Å²) in [6.45, 7) is 8.18. The summed E-state index contributed by atoms with van der Waals surface area (Å²) in [6, 6.07) is 12.5. The average molecular weight is 240 g/mol. The second-order valence-electron chi connectivity index (χ2n) is 3.97. The van der Waals surface area contributed by atoms with E-state index in [0.717, 1.165) is 11.1 Å². The van der Waals surface area contributed by atoms with Gasteiger partial charge in [-0.15, -0.1) is 0 Å². The first-order valence-corrected chi connectivity index (χ1v) is 5.80. The molecular weight excluding hydrogens is 224 g/mol. The number of hydrogen-bond donors (Lipinski definition) is 0. The second-order valence-corrected chi connectivity index (χ2v) is 3.97. The first-order chi connectivity index (χ1) is 8.83. The fourth-order valence-electron chi connectivity index (χ4n) is 1.83. The number of ether oxygens (including phenoxy) is 2. The van der Waals surface area contributed by atoms with Gasteiger partial charge in [0.2, 0.25) is 0 Å². The molecule has 0 bridgehead atoms. The average Bonchev–Trinajstić information content (AvgIpc) is 2.42. The van der Waals surface area contributed by atoms with Gasteiger partial charge in [-0.2, -0.15) is 0 Å². The second kappa shape index (κ2) is 5.92. The molecule has 0 radical (unpaired) electrons. The van der Waals surface area contributed by atoms with Crippen LogP contribution in [0.3, 0.4) is 0 Å². The third-order valence-electron chi connectivity index (χ3n) is 2.70. The molecule has 2 aromatic carbocycles. The number of hydrogen-bond acceptors (Lipinski definition) is 2. The van der Waals surface area contributed by atoms with Crippen molar-refractivity contribution >= 4 is 10.8 Å².